The van der Waals surface area contributed by atoms with E-state index >= 15 is 0 Å². The molecule has 4 nitrogen and oxygen atoms in total. The molecule has 20 heavy (non-hydrogen) atoms. The molecule has 1 fully saturated rings. The molecule has 0 amide bonds. The normalized spacial score (nSPS) is 23.1. The lowest BCUT2D eigenvalue weighted by Crippen LogP contribution is -2.51. The molecule has 1 heterocycles. The molecule has 1 saturated heterocycles. The van der Waals surface area contributed by atoms with Crippen LogP contribution >= 0.6 is 12.4 Å². The second-order valence-corrected chi connectivity index (χ2v) is 6.43. The van der Waals surface area contributed by atoms with Crippen molar-refractivity contribution in [1.29, 1.82) is 0 Å². The Morgan fingerprint density at radius 3 is 2.40 bits per heavy atom. The number of hydrogen-bond donors (Lipinski definition) is 2. The van der Waals surface area contributed by atoms with Crippen molar-refractivity contribution in [2.75, 3.05) is 6.54 Å². The van der Waals surface area contributed by atoms with E-state index < -0.39 is 21.7 Å². The molecule has 0 aliphatic carbocycles. The van der Waals surface area contributed by atoms with Crippen molar-refractivity contribution in [2.24, 2.45) is 0 Å². The van der Waals surface area contributed by atoms with Gasteiger partial charge < -0.3 is 5.32 Å². The minimum Gasteiger partial charge on any atom is -0.313 e. The summed E-state index contributed by atoms with van der Waals surface area (Å²) in [6, 6.07) is 1.98. The van der Waals surface area contributed by atoms with Crippen molar-refractivity contribution in [3.63, 3.8) is 0 Å². The van der Waals surface area contributed by atoms with Gasteiger partial charge in [0.05, 0.1) is 4.90 Å². The molecule has 1 aliphatic heterocycles. The second-order valence-electron chi connectivity index (χ2n) is 4.72. The highest BCUT2D eigenvalue weighted by Gasteiger charge is 2.27. The molecule has 8 heteroatoms. The van der Waals surface area contributed by atoms with Crippen LogP contribution in [-0.4, -0.2) is 27.0 Å². The maximum Gasteiger partial charge on any atom is 0.241 e. The Hall–Kier alpha value is -0.760. The monoisotopic (exact) mass is 326 g/mol. The van der Waals surface area contributed by atoms with E-state index in [1.54, 1.807) is 0 Å². The Morgan fingerprint density at radius 1 is 1.25 bits per heavy atom. The Labute approximate surface area is 123 Å². The second kappa shape index (κ2) is 6.80. The van der Waals surface area contributed by atoms with Crippen LogP contribution < -0.4 is 10.0 Å². The van der Waals surface area contributed by atoms with Gasteiger partial charge in [-0.1, -0.05) is 0 Å². The number of benzene rings is 1. The van der Waals surface area contributed by atoms with E-state index in [1.807, 2.05) is 6.92 Å². The topological polar surface area (TPSA) is 58.2 Å². The number of sulfonamides is 1. The van der Waals surface area contributed by atoms with Crippen LogP contribution in [0.5, 0.6) is 0 Å². The summed E-state index contributed by atoms with van der Waals surface area (Å²) in [7, 11) is -3.91. The molecule has 0 spiro atoms. The van der Waals surface area contributed by atoms with Gasteiger partial charge in [0.15, 0.2) is 0 Å². The van der Waals surface area contributed by atoms with E-state index in [2.05, 4.69) is 10.0 Å². The van der Waals surface area contributed by atoms with Crippen LogP contribution in [0.3, 0.4) is 0 Å². The zero-order valence-corrected chi connectivity index (χ0v) is 12.5. The van der Waals surface area contributed by atoms with E-state index in [1.165, 1.54) is 0 Å². The third-order valence-corrected chi connectivity index (χ3v) is 4.68. The molecule has 2 rings (SSSR count). The van der Waals surface area contributed by atoms with Gasteiger partial charge in [0.25, 0.3) is 0 Å². The van der Waals surface area contributed by atoms with Crippen molar-refractivity contribution < 1.29 is 17.2 Å². The Kier molecular flexibility index (Phi) is 5.88. The van der Waals surface area contributed by atoms with Gasteiger partial charge >= 0.3 is 0 Å². The van der Waals surface area contributed by atoms with Crippen LogP contribution in [0.1, 0.15) is 19.8 Å². The maximum atomic E-state index is 13.1. The first-order valence-electron chi connectivity index (χ1n) is 6.10. The van der Waals surface area contributed by atoms with E-state index in [0.29, 0.717) is 12.5 Å². The number of rotatable bonds is 3. The molecular formula is C12H17ClF2N2O2S. The number of nitrogens with one attached hydrogen (secondary N) is 2. The molecule has 0 radical (unpaired) electrons. The smallest absolute Gasteiger partial charge is 0.241 e. The highest BCUT2D eigenvalue weighted by Crippen LogP contribution is 2.16. The molecule has 0 bridgehead atoms. The third kappa shape index (κ3) is 4.12. The van der Waals surface area contributed by atoms with Gasteiger partial charge in [-0.2, -0.15) is 0 Å². The molecule has 1 aromatic carbocycles. The van der Waals surface area contributed by atoms with Crippen molar-refractivity contribution in [3.05, 3.63) is 29.8 Å². The first-order valence-corrected chi connectivity index (χ1v) is 7.58. The van der Waals surface area contributed by atoms with E-state index in [0.717, 1.165) is 25.1 Å². The van der Waals surface area contributed by atoms with Gasteiger partial charge in [0, 0.05) is 18.2 Å². The summed E-state index contributed by atoms with van der Waals surface area (Å²) in [5.41, 5.74) is 0. The highest BCUT2D eigenvalue weighted by molar-refractivity contribution is 7.89. The summed E-state index contributed by atoms with van der Waals surface area (Å²) in [5, 5.41) is 3.15. The predicted molar refractivity (Wildman–Crippen MR) is 74.4 cm³/mol. The van der Waals surface area contributed by atoms with Gasteiger partial charge in [-0.15, -0.1) is 12.4 Å². The summed E-state index contributed by atoms with van der Waals surface area (Å²) >= 11 is 0. The Balaban J connectivity index is 0.00000200. The molecule has 0 saturated carbocycles. The van der Waals surface area contributed by atoms with Gasteiger partial charge in [-0.3, -0.25) is 0 Å². The van der Waals surface area contributed by atoms with Crippen molar-refractivity contribution in [3.8, 4) is 0 Å². The van der Waals surface area contributed by atoms with Gasteiger partial charge in [0.1, 0.15) is 11.6 Å². The molecule has 0 aromatic heterocycles. The molecule has 1 aromatic rings. The van der Waals surface area contributed by atoms with Crippen LogP contribution in [0.2, 0.25) is 0 Å². The lowest BCUT2D eigenvalue weighted by atomic mass is 10.0. The third-order valence-electron chi connectivity index (χ3n) is 3.21. The van der Waals surface area contributed by atoms with Crippen LogP contribution in [0.4, 0.5) is 8.78 Å². The molecule has 1 aliphatic rings. The lowest BCUT2D eigenvalue weighted by Gasteiger charge is -2.30. The summed E-state index contributed by atoms with van der Waals surface area (Å²) in [5.74, 6) is -1.81. The molecule has 2 unspecified atom stereocenters. The first-order chi connectivity index (χ1) is 8.88. The fraction of sp³-hybridized carbons (Fsp3) is 0.500. The SMILES string of the molecule is CC1NCCCC1NS(=O)(=O)c1cc(F)cc(F)c1.Cl. The largest absolute Gasteiger partial charge is 0.313 e. The Morgan fingerprint density at radius 2 is 1.85 bits per heavy atom. The van der Waals surface area contributed by atoms with E-state index in [4.69, 9.17) is 0 Å². The molecular weight excluding hydrogens is 310 g/mol. The average Bonchev–Trinajstić information content (AvgIpc) is 2.31. The lowest BCUT2D eigenvalue weighted by molar-refractivity contribution is 0.348. The number of halogens is 3. The predicted octanol–water partition coefficient (Wildman–Crippen LogP) is 1.81. The Bertz CT molecular complexity index is 548. The molecule has 114 valence electrons. The zero-order valence-electron chi connectivity index (χ0n) is 10.9. The first kappa shape index (κ1) is 17.3. The van der Waals surface area contributed by atoms with Crippen molar-refractivity contribution in [1.82, 2.24) is 10.0 Å². The van der Waals surface area contributed by atoms with E-state index in [-0.39, 0.29) is 29.4 Å². The minimum absolute atomic E-state index is 0. The van der Waals surface area contributed by atoms with Gasteiger partial charge in [-0.05, 0) is 38.4 Å². The fourth-order valence-corrected chi connectivity index (χ4v) is 3.55. The van der Waals surface area contributed by atoms with Gasteiger partial charge in [0.2, 0.25) is 10.0 Å². The van der Waals surface area contributed by atoms with Gasteiger partial charge in [-0.25, -0.2) is 21.9 Å². The zero-order chi connectivity index (χ0) is 14.0. The average molecular weight is 327 g/mol. The van der Waals surface area contributed by atoms with Crippen LogP contribution in [-0.2, 0) is 10.0 Å². The molecule has 2 atom stereocenters. The summed E-state index contributed by atoms with van der Waals surface area (Å²) in [6.07, 6.45) is 1.56. The van der Waals surface area contributed by atoms with Crippen LogP contribution in [0.15, 0.2) is 23.1 Å². The minimum atomic E-state index is -3.91. The van der Waals surface area contributed by atoms with Crippen molar-refractivity contribution >= 4 is 22.4 Å². The fourth-order valence-electron chi connectivity index (χ4n) is 2.16. The number of piperidine rings is 1. The highest BCUT2D eigenvalue weighted by atomic mass is 35.5. The maximum absolute atomic E-state index is 13.1. The quantitative estimate of drug-likeness (QED) is 0.890. The standard InChI is InChI=1S/C12H16F2N2O2S.ClH/c1-8-12(3-2-4-15-8)16-19(17,18)11-6-9(13)5-10(14)7-11;/h5-8,12,15-16H,2-4H2,1H3;1H. The summed E-state index contributed by atoms with van der Waals surface area (Å²) in [6.45, 7) is 2.71. The molecule has 2 N–H and O–H groups in total. The summed E-state index contributed by atoms with van der Waals surface area (Å²) in [4.78, 5) is -0.386. The van der Waals surface area contributed by atoms with Crippen LogP contribution in [0.25, 0.3) is 0 Å². The summed E-state index contributed by atoms with van der Waals surface area (Å²) < 4.78 is 52.8. The van der Waals surface area contributed by atoms with Crippen molar-refractivity contribution in [2.45, 2.75) is 36.7 Å². The van der Waals surface area contributed by atoms with Crippen LogP contribution in [0, 0.1) is 11.6 Å². The number of hydrogen-bond acceptors (Lipinski definition) is 3. The van der Waals surface area contributed by atoms with E-state index in [9.17, 15) is 17.2 Å².